The Kier molecular flexibility index (Phi) is 5.24. The van der Waals surface area contributed by atoms with Gasteiger partial charge in [0.2, 0.25) is 0 Å². The molecule has 5 rings (SSSR count). The van der Waals surface area contributed by atoms with Crippen LogP contribution in [0.1, 0.15) is 37.8 Å². The van der Waals surface area contributed by atoms with Crippen LogP contribution in [0.15, 0.2) is 54.7 Å². The number of benzene rings is 2. The zero-order valence-electron chi connectivity index (χ0n) is 17.7. The van der Waals surface area contributed by atoms with E-state index in [4.69, 9.17) is 9.47 Å². The standard InChI is InChI=1S/C25H27N3O3/c1-2-26-24(29)28-22-16-25(9-12-30-13-10-25)31-23-8-6-18(15-20(22)23)17-5-7-21-19(14-17)4-3-11-27-21/h3-8,11,14-15,22H,2,9-10,12-13,16H2,1H3,(H2,26,28,29). The van der Waals surface area contributed by atoms with E-state index in [1.165, 1.54) is 0 Å². The van der Waals surface area contributed by atoms with E-state index < -0.39 is 0 Å². The van der Waals surface area contributed by atoms with E-state index in [-0.39, 0.29) is 17.7 Å². The Morgan fingerprint density at radius 1 is 1.13 bits per heavy atom. The molecule has 160 valence electrons. The minimum Gasteiger partial charge on any atom is -0.487 e. The number of pyridine rings is 1. The van der Waals surface area contributed by atoms with Crippen LogP contribution in [0.3, 0.4) is 0 Å². The molecule has 0 bridgehead atoms. The van der Waals surface area contributed by atoms with E-state index in [2.05, 4.69) is 45.9 Å². The monoisotopic (exact) mass is 417 g/mol. The van der Waals surface area contributed by atoms with Crippen molar-refractivity contribution >= 4 is 16.9 Å². The van der Waals surface area contributed by atoms with Gasteiger partial charge in [0, 0.05) is 43.0 Å². The van der Waals surface area contributed by atoms with Crippen LogP contribution in [-0.4, -0.2) is 36.4 Å². The number of urea groups is 1. The fraction of sp³-hybridized carbons (Fsp3) is 0.360. The fourth-order valence-electron chi connectivity index (χ4n) is 4.65. The van der Waals surface area contributed by atoms with Crippen LogP contribution in [0.5, 0.6) is 5.75 Å². The molecule has 6 nitrogen and oxygen atoms in total. The molecule has 2 amide bonds. The van der Waals surface area contributed by atoms with E-state index in [0.717, 1.165) is 52.6 Å². The maximum absolute atomic E-state index is 12.4. The van der Waals surface area contributed by atoms with Crippen LogP contribution in [0.2, 0.25) is 0 Å². The second kappa shape index (κ2) is 8.19. The van der Waals surface area contributed by atoms with Crippen LogP contribution in [-0.2, 0) is 4.74 Å². The Labute approximate surface area is 182 Å². The number of ether oxygens (including phenoxy) is 2. The number of hydrogen-bond donors (Lipinski definition) is 2. The van der Waals surface area contributed by atoms with E-state index in [1.54, 1.807) is 0 Å². The third-order valence-corrected chi connectivity index (χ3v) is 6.27. The summed E-state index contributed by atoms with van der Waals surface area (Å²) in [5.74, 6) is 0.848. The highest BCUT2D eigenvalue weighted by atomic mass is 16.5. The lowest BCUT2D eigenvalue weighted by molar-refractivity contribution is -0.0637. The van der Waals surface area contributed by atoms with Gasteiger partial charge in [-0.05, 0) is 48.4 Å². The molecular weight excluding hydrogens is 390 g/mol. The number of rotatable bonds is 3. The summed E-state index contributed by atoms with van der Waals surface area (Å²) in [5.41, 5.74) is 3.92. The van der Waals surface area contributed by atoms with E-state index >= 15 is 0 Å². The molecule has 0 saturated carbocycles. The molecule has 1 spiro atoms. The third kappa shape index (κ3) is 3.95. The molecule has 3 aromatic rings. The maximum atomic E-state index is 12.4. The molecule has 6 heteroatoms. The summed E-state index contributed by atoms with van der Waals surface area (Å²) in [5, 5.41) is 7.14. The van der Waals surface area contributed by atoms with Gasteiger partial charge in [-0.1, -0.05) is 18.2 Å². The molecule has 1 fully saturated rings. The topological polar surface area (TPSA) is 72.5 Å². The molecule has 2 aliphatic rings. The third-order valence-electron chi connectivity index (χ3n) is 6.27. The van der Waals surface area contributed by atoms with Gasteiger partial charge in [0.1, 0.15) is 11.4 Å². The van der Waals surface area contributed by atoms with Crippen molar-refractivity contribution in [3.63, 3.8) is 0 Å². The summed E-state index contributed by atoms with van der Waals surface area (Å²) in [7, 11) is 0. The first-order chi connectivity index (χ1) is 15.2. The van der Waals surface area contributed by atoms with Crippen molar-refractivity contribution in [3.8, 4) is 16.9 Å². The lowest BCUT2D eigenvalue weighted by Crippen LogP contribution is -2.49. The molecule has 2 aromatic carbocycles. The predicted molar refractivity (Wildman–Crippen MR) is 120 cm³/mol. The van der Waals surface area contributed by atoms with Crippen molar-refractivity contribution in [2.45, 2.75) is 37.8 Å². The summed E-state index contributed by atoms with van der Waals surface area (Å²) in [6.45, 7) is 3.88. The number of carbonyl (C=O) groups is 1. The first kappa shape index (κ1) is 19.8. The average Bonchev–Trinajstić information content (AvgIpc) is 2.79. The van der Waals surface area contributed by atoms with Gasteiger partial charge < -0.3 is 20.1 Å². The number of fused-ring (bicyclic) bond motifs is 2. The fourth-order valence-corrected chi connectivity index (χ4v) is 4.65. The van der Waals surface area contributed by atoms with Gasteiger partial charge in [0.15, 0.2) is 0 Å². The van der Waals surface area contributed by atoms with Gasteiger partial charge in [-0.15, -0.1) is 0 Å². The Hall–Kier alpha value is -3.12. The second-order valence-corrected chi connectivity index (χ2v) is 8.32. The number of nitrogens with zero attached hydrogens (tertiary/aromatic N) is 1. The molecule has 1 atom stereocenters. The quantitative estimate of drug-likeness (QED) is 0.654. The molecule has 1 aromatic heterocycles. The first-order valence-electron chi connectivity index (χ1n) is 11.0. The minimum absolute atomic E-state index is 0.115. The molecule has 1 unspecified atom stereocenters. The second-order valence-electron chi connectivity index (χ2n) is 8.32. The number of carbonyl (C=O) groups excluding carboxylic acids is 1. The lowest BCUT2D eigenvalue weighted by atomic mass is 9.81. The normalized spacial score (nSPS) is 19.5. The van der Waals surface area contributed by atoms with Gasteiger partial charge in [-0.2, -0.15) is 0 Å². The summed E-state index contributed by atoms with van der Waals surface area (Å²) < 4.78 is 12.1. The minimum atomic E-state index is -0.286. The van der Waals surface area contributed by atoms with E-state index in [0.29, 0.717) is 19.8 Å². The lowest BCUT2D eigenvalue weighted by Gasteiger charge is -2.44. The van der Waals surface area contributed by atoms with Crippen LogP contribution >= 0.6 is 0 Å². The zero-order valence-corrected chi connectivity index (χ0v) is 17.7. The summed E-state index contributed by atoms with van der Waals surface area (Å²) in [6.07, 6.45) is 4.21. The predicted octanol–water partition coefficient (Wildman–Crippen LogP) is 4.59. The van der Waals surface area contributed by atoms with Gasteiger partial charge in [0.25, 0.3) is 0 Å². The number of hydrogen-bond acceptors (Lipinski definition) is 4. The number of aromatic nitrogens is 1. The number of nitrogens with one attached hydrogen (secondary N) is 2. The van der Waals surface area contributed by atoms with Crippen LogP contribution < -0.4 is 15.4 Å². The van der Waals surface area contributed by atoms with Crippen molar-refractivity contribution < 1.29 is 14.3 Å². The smallest absolute Gasteiger partial charge is 0.315 e. The Morgan fingerprint density at radius 3 is 2.77 bits per heavy atom. The van der Waals surface area contributed by atoms with E-state index in [1.807, 2.05) is 31.3 Å². The molecule has 1 saturated heterocycles. The molecule has 31 heavy (non-hydrogen) atoms. The largest absolute Gasteiger partial charge is 0.487 e. The van der Waals surface area contributed by atoms with Gasteiger partial charge in [0.05, 0.1) is 24.8 Å². The molecular formula is C25H27N3O3. The van der Waals surface area contributed by atoms with Crippen molar-refractivity contribution in [2.24, 2.45) is 0 Å². The van der Waals surface area contributed by atoms with Crippen LogP contribution in [0.25, 0.3) is 22.0 Å². The molecule has 2 N–H and O–H groups in total. The average molecular weight is 418 g/mol. The van der Waals surface area contributed by atoms with Gasteiger partial charge in [-0.3, -0.25) is 4.98 Å². The Bertz CT molecular complexity index is 1110. The molecule has 2 aliphatic heterocycles. The first-order valence-corrected chi connectivity index (χ1v) is 11.0. The van der Waals surface area contributed by atoms with Gasteiger partial charge >= 0.3 is 6.03 Å². The SMILES string of the molecule is CCNC(=O)NC1CC2(CCOCC2)Oc2ccc(-c3ccc4ncccc4c3)cc21. The van der Waals surface area contributed by atoms with Crippen molar-refractivity contribution in [1.82, 2.24) is 15.6 Å². The Balaban J connectivity index is 1.52. The summed E-state index contributed by atoms with van der Waals surface area (Å²) >= 11 is 0. The molecule has 0 radical (unpaired) electrons. The summed E-state index contributed by atoms with van der Waals surface area (Å²) in [4.78, 5) is 16.8. The van der Waals surface area contributed by atoms with Crippen LogP contribution in [0, 0.1) is 0 Å². The van der Waals surface area contributed by atoms with Gasteiger partial charge in [-0.25, -0.2) is 4.79 Å². The molecule has 3 heterocycles. The Morgan fingerprint density at radius 2 is 1.94 bits per heavy atom. The highest BCUT2D eigenvalue weighted by Crippen LogP contribution is 2.45. The highest BCUT2D eigenvalue weighted by molar-refractivity contribution is 5.84. The maximum Gasteiger partial charge on any atom is 0.315 e. The summed E-state index contributed by atoms with van der Waals surface area (Å²) in [6, 6.07) is 16.3. The van der Waals surface area contributed by atoms with Crippen molar-refractivity contribution in [3.05, 3.63) is 60.3 Å². The zero-order chi connectivity index (χ0) is 21.3. The van der Waals surface area contributed by atoms with Crippen molar-refractivity contribution in [2.75, 3.05) is 19.8 Å². The van der Waals surface area contributed by atoms with Crippen molar-refractivity contribution in [1.29, 1.82) is 0 Å². The number of amides is 2. The van der Waals surface area contributed by atoms with E-state index in [9.17, 15) is 4.79 Å². The molecule has 0 aliphatic carbocycles. The van der Waals surface area contributed by atoms with Crippen LogP contribution in [0.4, 0.5) is 4.79 Å². The highest BCUT2D eigenvalue weighted by Gasteiger charge is 2.42.